The van der Waals surface area contributed by atoms with Gasteiger partial charge in [0.1, 0.15) is 16.5 Å². The van der Waals surface area contributed by atoms with Gasteiger partial charge >= 0.3 is 0 Å². The molecule has 0 aliphatic heterocycles. The van der Waals surface area contributed by atoms with Gasteiger partial charge in [-0.05, 0) is 68.1 Å². The second kappa shape index (κ2) is 9.31. The molecule has 0 unspecified atom stereocenters. The first-order chi connectivity index (χ1) is 10.6. The van der Waals surface area contributed by atoms with Gasteiger partial charge in [-0.15, -0.1) is 0 Å². The minimum atomic E-state index is -1.31. The molecule has 1 fully saturated rings. The average Bonchev–Trinajstić information content (AvgIpc) is 2.59. The van der Waals surface area contributed by atoms with Gasteiger partial charge in [0.25, 0.3) is 0 Å². The predicted molar refractivity (Wildman–Crippen MR) is 107 cm³/mol. The molecule has 1 aliphatic rings. The van der Waals surface area contributed by atoms with Crippen LogP contribution in [0.2, 0.25) is 36.3 Å². The first kappa shape index (κ1) is 20.0. The lowest BCUT2D eigenvalue weighted by Crippen LogP contribution is -2.63. The maximum Gasteiger partial charge on any atom is 0.146 e. The summed E-state index contributed by atoms with van der Waals surface area (Å²) in [5.41, 5.74) is 1.78. The molecule has 3 heteroatoms. The van der Waals surface area contributed by atoms with Crippen LogP contribution < -0.4 is 0 Å². The van der Waals surface area contributed by atoms with Crippen LogP contribution in [0.3, 0.4) is 0 Å². The molecule has 1 rings (SSSR count). The Labute approximate surface area is 142 Å². The monoisotopic (exact) mass is 339 g/mol. The van der Waals surface area contributed by atoms with Gasteiger partial charge in [-0.1, -0.05) is 53.5 Å². The Bertz CT molecular complexity index is 299. The molecule has 0 saturated heterocycles. The SMILES string of the molecule is CC[Si](CC)(CC)N(C=C1CCCCC1)[Si](CC)(CC)CC. The minimum Gasteiger partial charge on any atom is -0.430 e. The molecule has 0 radical (unpaired) electrons. The van der Waals surface area contributed by atoms with Crippen molar-refractivity contribution in [2.45, 2.75) is 110 Å². The van der Waals surface area contributed by atoms with E-state index in [2.05, 4.69) is 52.0 Å². The van der Waals surface area contributed by atoms with Crippen molar-refractivity contribution in [3.63, 3.8) is 0 Å². The third-order valence-corrected chi connectivity index (χ3v) is 19.8. The van der Waals surface area contributed by atoms with Crippen molar-refractivity contribution in [3.05, 3.63) is 11.8 Å². The van der Waals surface area contributed by atoms with Crippen LogP contribution in [0.4, 0.5) is 0 Å². The Morgan fingerprint density at radius 3 is 1.36 bits per heavy atom. The van der Waals surface area contributed by atoms with E-state index in [1.54, 1.807) is 5.57 Å². The van der Waals surface area contributed by atoms with Crippen molar-refractivity contribution in [2.75, 3.05) is 0 Å². The van der Waals surface area contributed by atoms with E-state index >= 15 is 0 Å². The van der Waals surface area contributed by atoms with Crippen molar-refractivity contribution in [1.82, 2.24) is 4.23 Å². The normalized spacial score (nSPS) is 16.7. The first-order valence-corrected chi connectivity index (χ1v) is 15.2. The lowest BCUT2D eigenvalue weighted by Gasteiger charge is -2.52. The lowest BCUT2D eigenvalue weighted by atomic mass is 9.96. The standard InChI is InChI=1S/C19H41NSi2/c1-7-21(8-2,9-3)20(22(10-4,11-5)12-6)18-19-16-14-13-15-17-19/h18H,7-17H2,1-6H3. The number of nitrogens with zero attached hydrogens (tertiary/aromatic N) is 1. The summed E-state index contributed by atoms with van der Waals surface area (Å²) < 4.78 is 3.14. The maximum atomic E-state index is 3.14. The Morgan fingerprint density at radius 1 is 0.682 bits per heavy atom. The molecule has 0 aromatic heterocycles. The van der Waals surface area contributed by atoms with Crippen molar-refractivity contribution < 1.29 is 0 Å². The maximum absolute atomic E-state index is 3.14. The van der Waals surface area contributed by atoms with Gasteiger partial charge in [0.15, 0.2) is 0 Å². The minimum absolute atomic E-state index is 1.31. The number of allylic oxidation sites excluding steroid dienone is 1. The van der Waals surface area contributed by atoms with Crippen molar-refractivity contribution in [1.29, 1.82) is 0 Å². The first-order valence-electron chi connectivity index (χ1n) is 10.1. The number of rotatable bonds is 9. The van der Waals surface area contributed by atoms with Crippen LogP contribution in [0.25, 0.3) is 0 Å². The lowest BCUT2D eigenvalue weighted by molar-refractivity contribution is 0.585. The molecule has 0 aromatic carbocycles. The molecular formula is C19H41NSi2. The second-order valence-corrected chi connectivity index (χ2v) is 17.8. The Kier molecular flexibility index (Phi) is 8.47. The highest BCUT2D eigenvalue weighted by molar-refractivity contribution is 6.93. The molecule has 0 spiro atoms. The molecule has 130 valence electrons. The summed E-state index contributed by atoms with van der Waals surface area (Å²) in [5.74, 6) is 0. The van der Waals surface area contributed by atoms with Crippen LogP contribution in [0, 0.1) is 0 Å². The van der Waals surface area contributed by atoms with Gasteiger partial charge in [0.05, 0.1) is 0 Å². The highest BCUT2D eigenvalue weighted by Crippen LogP contribution is 2.38. The zero-order chi connectivity index (χ0) is 16.6. The van der Waals surface area contributed by atoms with Crippen molar-refractivity contribution >= 4 is 16.5 Å². The van der Waals surface area contributed by atoms with Crippen LogP contribution in [-0.4, -0.2) is 20.7 Å². The van der Waals surface area contributed by atoms with Gasteiger partial charge in [-0.2, -0.15) is 0 Å². The van der Waals surface area contributed by atoms with E-state index in [4.69, 9.17) is 0 Å². The van der Waals surface area contributed by atoms with Crippen molar-refractivity contribution in [3.8, 4) is 0 Å². The zero-order valence-electron chi connectivity index (χ0n) is 16.3. The second-order valence-electron chi connectivity index (χ2n) is 7.29. The van der Waals surface area contributed by atoms with E-state index in [1.165, 1.54) is 68.4 Å². The van der Waals surface area contributed by atoms with Crippen LogP contribution in [0.5, 0.6) is 0 Å². The summed E-state index contributed by atoms with van der Waals surface area (Å²) in [7, 11) is -2.62. The molecule has 0 aromatic rings. The average molecular weight is 340 g/mol. The molecule has 0 atom stereocenters. The largest absolute Gasteiger partial charge is 0.430 e. The quantitative estimate of drug-likeness (QED) is 0.403. The summed E-state index contributed by atoms with van der Waals surface area (Å²) in [6.45, 7) is 14.9. The van der Waals surface area contributed by atoms with Gasteiger partial charge in [-0.25, -0.2) is 0 Å². The Balaban J connectivity index is 3.29. The predicted octanol–water partition coefficient (Wildman–Crippen LogP) is 7.15. The summed E-state index contributed by atoms with van der Waals surface area (Å²) in [6, 6.07) is 8.57. The Hall–Kier alpha value is -0.0262. The van der Waals surface area contributed by atoms with Gasteiger partial charge < -0.3 is 4.23 Å². The third kappa shape index (κ3) is 4.08. The fourth-order valence-corrected chi connectivity index (χ4v) is 17.4. The summed E-state index contributed by atoms with van der Waals surface area (Å²) >= 11 is 0. The summed E-state index contributed by atoms with van der Waals surface area (Å²) in [6.07, 6.45) is 9.81. The molecule has 0 N–H and O–H groups in total. The number of hydrogen-bond donors (Lipinski definition) is 0. The summed E-state index contributed by atoms with van der Waals surface area (Å²) in [5, 5.41) is 0. The third-order valence-electron chi connectivity index (χ3n) is 6.78. The smallest absolute Gasteiger partial charge is 0.146 e. The van der Waals surface area contributed by atoms with Gasteiger partial charge in [-0.3, -0.25) is 0 Å². The number of hydrogen-bond acceptors (Lipinski definition) is 1. The van der Waals surface area contributed by atoms with E-state index in [1.807, 2.05) is 0 Å². The van der Waals surface area contributed by atoms with E-state index in [-0.39, 0.29) is 0 Å². The van der Waals surface area contributed by atoms with Gasteiger partial charge in [0, 0.05) is 0 Å². The van der Waals surface area contributed by atoms with Crippen LogP contribution in [0.15, 0.2) is 11.8 Å². The van der Waals surface area contributed by atoms with Gasteiger partial charge in [0.2, 0.25) is 0 Å². The highest BCUT2D eigenvalue weighted by Gasteiger charge is 2.44. The van der Waals surface area contributed by atoms with Crippen LogP contribution in [-0.2, 0) is 0 Å². The summed E-state index contributed by atoms with van der Waals surface area (Å²) in [4.78, 5) is 0. The van der Waals surface area contributed by atoms with E-state index in [0.717, 1.165) is 0 Å². The van der Waals surface area contributed by atoms with E-state index in [0.29, 0.717) is 0 Å². The van der Waals surface area contributed by atoms with Crippen LogP contribution >= 0.6 is 0 Å². The molecule has 1 aliphatic carbocycles. The van der Waals surface area contributed by atoms with E-state index in [9.17, 15) is 0 Å². The molecule has 1 saturated carbocycles. The molecule has 0 amide bonds. The zero-order valence-corrected chi connectivity index (χ0v) is 18.3. The highest BCUT2D eigenvalue weighted by atomic mass is 28.4. The molecule has 1 nitrogen and oxygen atoms in total. The fraction of sp³-hybridized carbons (Fsp3) is 0.895. The topological polar surface area (TPSA) is 3.24 Å². The van der Waals surface area contributed by atoms with Crippen LogP contribution in [0.1, 0.15) is 73.6 Å². The molecule has 0 heterocycles. The molecule has 0 bridgehead atoms. The molecular weight excluding hydrogens is 298 g/mol. The fourth-order valence-electron chi connectivity index (χ4n) is 4.62. The molecule has 22 heavy (non-hydrogen) atoms. The Morgan fingerprint density at radius 2 is 1.05 bits per heavy atom. The van der Waals surface area contributed by atoms with E-state index < -0.39 is 16.5 Å². The van der Waals surface area contributed by atoms with Crippen molar-refractivity contribution in [2.24, 2.45) is 0 Å².